The van der Waals surface area contributed by atoms with E-state index >= 15 is 0 Å². The molecule has 1 aliphatic rings. The van der Waals surface area contributed by atoms with Crippen molar-refractivity contribution in [3.8, 4) is 90.6 Å². The molecule has 542 valence electrons. The monoisotopic (exact) mass is 1420 g/mol. The van der Waals surface area contributed by atoms with E-state index in [4.69, 9.17) is 19.9 Å². The smallest absolute Gasteiger partial charge is 0.215 e. The Bertz CT molecular complexity index is 6020. The molecule has 8 heterocycles. The van der Waals surface area contributed by atoms with E-state index < -0.39 is 0 Å². The molecule has 0 saturated heterocycles. The third-order valence-electron chi connectivity index (χ3n) is 22.1. The highest BCUT2D eigenvalue weighted by Crippen LogP contribution is 2.39. The van der Waals surface area contributed by atoms with E-state index in [9.17, 15) is 0 Å². The zero-order chi connectivity index (χ0) is 75.8. The number of rotatable bonds is 10. The van der Waals surface area contributed by atoms with Crippen molar-refractivity contribution < 1.29 is 18.3 Å². The van der Waals surface area contributed by atoms with Gasteiger partial charge < -0.3 is 18.3 Å². The van der Waals surface area contributed by atoms with Crippen molar-refractivity contribution in [2.75, 3.05) is 0 Å². The summed E-state index contributed by atoms with van der Waals surface area (Å²) in [5.74, 6) is 4.80. The fourth-order valence-corrected chi connectivity index (χ4v) is 16.5. The Kier molecular flexibility index (Phi) is 20.7. The number of nitrogens with zero attached hydrogens (tertiary/aromatic N) is 12. The van der Waals surface area contributed by atoms with Crippen molar-refractivity contribution in [1.29, 1.82) is 0 Å². The summed E-state index contributed by atoms with van der Waals surface area (Å²) in [7, 11) is 16.9. The van der Waals surface area contributed by atoms with E-state index in [1.54, 1.807) is 0 Å². The molecule has 0 radical (unpaired) electrons. The summed E-state index contributed by atoms with van der Waals surface area (Å²) in [5.41, 5.74) is 34.2. The molecular formula is C96H102N12+4. The number of fused-ring (bicyclic) bond motifs is 4. The summed E-state index contributed by atoms with van der Waals surface area (Å²) in [5, 5.41) is 0. The molecule has 0 N–H and O–H groups in total. The number of para-hydroxylation sites is 8. The Morgan fingerprint density at radius 2 is 0.722 bits per heavy atom. The number of benzene rings is 8. The van der Waals surface area contributed by atoms with Crippen molar-refractivity contribution in [1.82, 2.24) is 38.2 Å². The van der Waals surface area contributed by atoms with E-state index in [0.29, 0.717) is 0 Å². The Balaban J connectivity index is 0.000000121. The first-order chi connectivity index (χ1) is 52.0. The first kappa shape index (κ1) is 73.2. The third kappa shape index (κ3) is 14.6. The number of aromatic nitrogens is 12. The van der Waals surface area contributed by atoms with Gasteiger partial charge in [0.1, 0.15) is 51.5 Å². The van der Waals surface area contributed by atoms with Gasteiger partial charge in [-0.25, -0.2) is 38.2 Å². The number of imidazole rings is 4. The van der Waals surface area contributed by atoms with Crippen LogP contribution in [0.3, 0.4) is 0 Å². The van der Waals surface area contributed by atoms with Crippen LogP contribution < -0.4 is 18.3 Å². The molecule has 17 rings (SSSR count). The van der Waals surface area contributed by atoms with Gasteiger partial charge in [-0.05, 0) is 191 Å². The lowest BCUT2D eigenvalue weighted by Gasteiger charge is -2.18. The summed E-state index contributed by atoms with van der Waals surface area (Å²) in [6.07, 6.45) is 15.3. The summed E-state index contributed by atoms with van der Waals surface area (Å²) >= 11 is 0. The van der Waals surface area contributed by atoms with Gasteiger partial charge in [0, 0.05) is 114 Å². The second kappa shape index (κ2) is 30.6. The number of pyridine rings is 4. The van der Waals surface area contributed by atoms with Crippen LogP contribution in [0.25, 0.3) is 135 Å². The van der Waals surface area contributed by atoms with E-state index in [1.165, 1.54) is 143 Å². The van der Waals surface area contributed by atoms with Gasteiger partial charge in [0.15, 0.2) is 24.8 Å². The van der Waals surface area contributed by atoms with E-state index in [0.717, 1.165) is 74.3 Å². The minimum atomic E-state index is 0.265. The molecular weight excluding hydrogens is 1320 g/mol. The van der Waals surface area contributed by atoms with Gasteiger partial charge in [-0.3, -0.25) is 0 Å². The van der Waals surface area contributed by atoms with Crippen molar-refractivity contribution in [2.24, 2.45) is 61.8 Å². The van der Waals surface area contributed by atoms with Crippen molar-refractivity contribution in [2.45, 2.75) is 100 Å². The van der Waals surface area contributed by atoms with Gasteiger partial charge in [0.25, 0.3) is 0 Å². The molecule has 12 heteroatoms. The molecule has 0 amide bonds. The minimum Gasteiger partial charge on any atom is -0.327 e. The zero-order valence-corrected chi connectivity index (χ0v) is 66.1. The van der Waals surface area contributed by atoms with Crippen LogP contribution in [-0.2, 0) is 62.8 Å². The second-order valence-electron chi connectivity index (χ2n) is 30.9. The quantitative estimate of drug-likeness (QED) is 0.128. The first-order valence-corrected chi connectivity index (χ1v) is 38.0. The van der Waals surface area contributed by atoms with Crippen LogP contribution in [0, 0.1) is 47.0 Å². The molecule has 12 nitrogen and oxygen atoms in total. The molecule has 0 unspecified atom stereocenters. The fraction of sp³-hybridized carbons (Fsp3) is 0.250. The van der Waals surface area contributed by atoms with Gasteiger partial charge in [0.2, 0.25) is 22.8 Å². The summed E-state index contributed by atoms with van der Waals surface area (Å²) in [4.78, 5) is 19.6. The van der Waals surface area contributed by atoms with Crippen molar-refractivity contribution in [3.05, 3.63) is 288 Å². The van der Waals surface area contributed by atoms with Crippen LogP contribution in [0.2, 0.25) is 0 Å². The maximum absolute atomic E-state index is 4.92. The topological polar surface area (TPSA) is 86.8 Å². The average Bonchev–Trinajstić information content (AvgIpc) is 1.53. The molecule has 1 fully saturated rings. The lowest BCUT2D eigenvalue weighted by molar-refractivity contribution is -0.661. The maximum Gasteiger partial charge on any atom is 0.215 e. The average molecular weight is 1420 g/mol. The highest BCUT2D eigenvalue weighted by Gasteiger charge is 2.27. The number of hydrogen-bond acceptors (Lipinski definition) is 4. The Hall–Kier alpha value is -11.8. The van der Waals surface area contributed by atoms with Crippen LogP contribution in [-0.4, -0.2) is 38.2 Å². The van der Waals surface area contributed by atoms with E-state index in [1.807, 2.05) is 30.3 Å². The van der Waals surface area contributed by atoms with Crippen LogP contribution in [0.5, 0.6) is 0 Å². The Morgan fingerprint density at radius 3 is 1.12 bits per heavy atom. The molecule has 8 aromatic heterocycles. The van der Waals surface area contributed by atoms with Gasteiger partial charge in [-0.1, -0.05) is 131 Å². The summed E-state index contributed by atoms with van der Waals surface area (Å²) in [6, 6.07) is 77.0. The minimum absolute atomic E-state index is 0.265. The maximum atomic E-state index is 4.92. The van der Waals surface area contributed by atoms with Gasteiger partial charge in [-0.2, -0.15) is 0 Å². The van der Waals surface area contributed by atoms with Crippen LogP contribution in [0.4, 0.5) is 0 Å². The van der Waals surface area contributed by atoms with Crippen LogP contribution in [0.1, 0.15) is 96.9 Å². The predicted octanol–water partition coefficient (Wildman–Crippen LogP) is 20.0. The van der Waals surface area contributed by atoms with Gasteiger partial charge in [-0.15, -0.1) is 0 Å². The predicted molar refractivity (Wildman–Crippen MR) is 444 cm³/mol. The highest BCUT2D eigenvalue weighted by atomic mass is 15.1. The first-order valence-electron chi connectivity index (χ1n) is 38.0. The molecule has 1 saturated carbocycles. The molecule has 16 aromatic rings. The summed E-state index contributed by atoms with van der Waals surface area (Å²) in [6.45, 7) is 20.0. The Morgan fingerprint density at radius 1 is 0.352 bits per heavy atom. The third-order valence-corrected chi connectivity index (χ3v) is 22.1. The highest BCUT2D eigenvalue weighted by molar-refractivity contribution is 5.87. The molecule has 8 aromatic carbocycles. The molecule has 0 aliphatic heterocycles. The fourth-order valence-electron chi connectivity index (χ4n) is 16.5. The molecule has 108 heavy (non-hydrogen) atoms. The van der Waals surface area contributed by atoms with Gasteiger partial charge in [0.05, 0.1) is 49.7 Å². The SMILES string of the molecule is Cc1c(-c2nc3ccccc3n2C)cccc1-c1cc(CC(C)(C)C)cc[n+]1C.Cc1c(-c2nc3ccccc3n2C)cccc1-c1ccc(C2CCCC2)c[n+]1C.Cc1c(-c2nc3ccccc3n2C)cccc1-c1cccc[n+]1C.Cc1cc(C)c(-c2cccc(-c3nc4ccccc4n3C)c2C)[n+](C)c1. The molecule has 1 aliphatic carbocycles. The molecule has 0 bridgehead atoms. The summed E-state index contributed by atoms with van der Waals surface area (Å²) < 4.78 is 17.6. The normalized spacial score (nSPS) is 12.3. The van der Waals surface area contributed by atoms with E-state index in [-0.39, 0.29) is 5.41 Å². The Labute approximate surface area is 637 Å². The number of hydrogen-bond donors (Lipinski definition) is 0. The molecule has 0 spiro atoms. The lowest BCUT2D eigenvalue weighted by Crippen LogP contribution is -2.32. The zero-order valence-electron chi connectivity index (χ0n) is 66.1. The van der Waals surface area contributed by atoms with Crippen LogP contribution >= 0.6 is 0 Å². The van der Waals surface area contributed by atoms with E-state index in [2.05, 4.69) is 368 Å². The second-order valence-corrected chi connectivity index (χ2v) is 30.9. The number of aryl methyl sites for hydroxylation is 10. The van der Waals surface area contributed by atoms with Crippen LogP contribution in [0.15, 0.2) is 243 Å². The van der Waals surface area contributed by atoms with Gasteiger partial charge >= 0.3 is 0 Å². The standard InChI is InChI=1S/C26H28N3.C26H30N3.C23H24N3.C21H20N3/c1-18-21(24-16-15-20(17-28(24)2)19-9-4-5-10-19)11-8-12-22(18)26-27-23-13-6-7-14-25(23)29(26)3;1-18-20(24-16-19(14-15-28(24)5)17-26(2,3)4)10-9-11-21(18)25-27-22-12-7-8-13-23(22)29(25)6;1-15-13-16(2)22(25(4)14-15)18-9-8-10-19(17(18)3)23-24-20-11-6-7-12-21(20)26(23)5;1-15-16(19-12-6-7-14-23(19)2)9-8-10-17(15)21-22-18-11-4-5-13-20(18)24(21)3/h6-8,11-17,19H,4-5,9-10H2,1-3H3;7-16H,17H2,1-6H3;6-14H,1-5H3;4-14H,1-3H3/q4*+1. The lowest BCUT2D eigenvalue weighted by atomic mass is 9.87. The largest absolute Gasteiger partial charge is 0.327 e. The van der Waals surface area contributed by atoms with Crippen molar-refractivity contribution in [3.63, 3.8) is 0 Å². The van der Waals surface area contributed by atoms with Crippen molar-refractivity contribution >= 4 is 44.1 Å². The molecule has 0 atom stereocenters.